The molecular weight excluding hydrogens is 413 g/mol. The van der Waals surface area contributed by atoms with E-state index in [1.165, 1.54) is 5.56 Å². The first-order valence-electron chi connectivity index (χ1n) is 8.16. The lowest BCUT2D eigenvalue weighted by molar-refractivity contribution is 0.481. The fraction of sp³-hybridized carbons (Fsp3) is 0.444. The number of hydrogen-bond acceptors (Lipinski definition) is 2. The number of rotatable bonds is 6. The highest BCUT2D eigenvalue weighted by Crippen LogP contribution is 2.07. The number of para-hydroxylation sites is 1. The van der Waals surface area contributed by atoms with E-state index in [4.69, 9.17) is 0 Å². The van der Waals surface area contributed by atoms with Crippen molar-refractivity contribution in [3.8, 4) is 5.69 Å². The van der Waals surface area contributed by atoms with Crippen molar-refractivity contribution < 1.29 is 0 Å². The van der Waals surface area contributed by atoms with Gasteiger partial charge in [-0.1, -0.05) is 32.0 Å². The highest BCUT2D eigenvalue weighted by molar-refractivity contribution is 14.0. The average molecular weight is 441 g/mol. The Morgan fingerprint density at radius 2 is 1.92 bits per heavy atom. The Balaban J connectivity index is 0.00000288. The summed E-state index contributed by atoms with van der Waals surface area (Å²) in [4.78, 5) is 4.27. The van der Waals surface area contributed by atoms with E-state index in [2.05, 4.69) is 47.7 Å². The van der Waals surface area contributed by atoms with Crippen molar-refractivity contribution in [3.05, 3.63) is 48.3 Å². The van der Waals surface area contributed by atoms with E-state index in [0.29, 0.717) is 12.0 Å². The van der Waals surface area contributed by atoms with Gasteiger partial charge in [-0.05, 0) is 37.0 Å². The summed E-state index contributed by atoms with van der Waals surface area (Å²) in [7, 11) is 1.80. The molecule has 2 N–H and O–H groups in total. The molecule has 1 aromatic carbocycles. The van der Waals surface area contributed by atoms with Gasteiger partial charge in [0.25, 0.3) is 0 Å². The smallest absolute Gasteiger partial charge is 0.191 e. The summed E-state index contributed by atoms with van der Waals surface area (Å²) in [6.07, 6.45) is 4.90. The molecule has 0 amide bonds. The maximum atomic E-state index is 4.42. The summed E-state index contributed by atoms with van der Waals surface area (Å²) in [6, 6.07) is 10.5. The zero-order valence-corrected chi connectivity index (χ0v) is 17.2. The first-order chi connectivity index (χ1) is 11.1. The lowest BCUT2D eigenvalue weighted by Gasteiger charge is -2.20. The second kappa shape index (κ2) is 10.3. The van der Waals surface area contributed by atoms with Gasteiger partial charge in [0.15, 0.2) is 5.96 Å². The molecule has 1 heterocycles. The molecule has 1 aromatic heterocycles. The monoisotopic (exact) mass is 441 g/mol. The Labute approximate surface area is 162 Å². The molecule has 0 radical (unpaired) electrons. The average Bonchev–Trinajstić information content (AvgIpc) is 3.03. The van der Waals surface area contributed by atoms with Crippen molar-refractivity contribution in [2.45, 2.75) is 33.2 Å². The van der Waals surface area contributed by atoms with Crippen LogP contribution in [0.5, 0.6) is 0 Å². The molecule has 0 aliphatic heterocycles. The van der Waals surface area contributed by atoms with Crippen molar-refractivity contribution in [2.24, 2.45) is 10.9 Å². The van der Waals surface area contributed by atoms with Crippen molar-refractivity contribution in [3.63, 3.8) is 0 Å². The Bertz CT molecular complexity index is 621. The molecule has 0 bridgehead atoms. The van der Waals surface area contributed by atoms with E-state index in [1.807, 2.05) is 41.2 Å². The first kappa shape index (κ1) is 20.5. The van der Waals surface area contributed by atoms with Gasteiger partial charge in [-0.15, -0.1) is 24.0 Å². The molecule has 6 heteroatoms. The van der Waals surface area contributed by atoms with Gasteiger partial charge in [-0.3, -0.25) is 4.99 Å². The summed E-state index contributed by atoms with van der Waals surface area (Å²) in [5, 5.41) is 11.2. The van der Waals surface area contributed by atoms with Crippen LogP contribution in [-0.2, 0) is 6.42 Å². The zero-order chi connectivity index (χ0) is 16.7. The summed E-state index contributed by atoms with van der Waals surface area (Å²) in [5.74, 6) is 1.42. The number of benzene rings is 1. The van der Waals surface area contributed by atoms with E-state index in [1.54, 1.807) is 7.05 Å². The van der Waals surface area contributed by atoms with Crippen LogP contribution in [0.3, 0.4) is 0 Å². The zero-order valence-electron chi connectivity index (χ0n) is 14.9. The second-order valence-corrected chi connectivity index (χ2v) is 6.05. The normalized spacial score (nSPS) is 12.6. The summed E-state index contributed by atoms with van der Waals surface area (Å²) < 4.78 is 1.91. The van der Waals surface area contributed by atoms with Gasteiger partial charge in [0, 0.05) is 25.8 Å². The third-order valence-electron chi connectivity index (χ3n) is 3.95. The molecular formula is C18H28IN5. The van der Waals surface area contributed by atoms with Gasteiger partial charge in [0.05, 0.1) is 11.9 Å². The van der Waals surface area contributed by atoms with Crippen molar-refractivity contribution in [1.29, 1.82) is 0 Å². The molecule has 1 atom stereocenters. The molecule has 132 valence electrons. The SMILES string of the molecule is CN=C(NCCc1cnn(-c2ccccc2)c1)NC(C)C(C)C.I. The quantitative estimate of drug-likeness (QED) is 0.411. The molecule has 5 nitrogen and oxygen atoms in total. The molecule has 0 fully saturated rings. The predicted molar refractivity (Wildman–Crippen MR) is 111 cm³/mol. The van der Waals surface area contributed by atoms with Crippen LogP contribution < -0.4 is 10.6 Å². The van der Waals surface area contributed by atoms with Crippen LogP contribution in [0.1, 0.15) is 26.3 Å². The van der Waals surface area contributed by atoms with Crippen molar-refractivity contribution >= 4 is 29.9 Å². The van der Waals surface area contributed by atoms with Gasteiger partial charge in [-0.2, -0.15) is 5.10 Å². The van der Waals surface area contributed by atoms with Gasteiger partial charge in [-0.25, -0.2) is 4.68 Å². The molecule has 1 unspecified atom stereocenters. The van der Waals surface area contributed by atoms with Crippen LogP contribution in [0.15, 0.2) is 47.7 Å². The minimum absolute atomic E-state index is 0. The predicted octanol–water partition coefficient (Wildman–Crippen LogP) is 3.24. The molecule has 0 spiro atoms. The van der Waals surface area contributed by atoms with Crippen LogP contribution in [0.4, 0.5) is 0 Å². The number of aromatic nitrogens is 2. The Morgan fingerprint density at radius 3 is 2.54 bits per heavy atom. The lowest BCUT2D eigenvalue weighted by Crippen LogP contribution is -2.44. The number of halogens is 1. The number of nitrogens with one attached hydrogen (secondary N) is 2. The third-order valence-corrected chi connectivity index (χ3v) is 3.95. The van der Waals surface area contributed by atoms with E-state index in [9.17, 15) is 0 Å². The molecule has 0 aliphatic rings. The Hall–Kier alpha value is -1.57. The standard InChI is InChI=1S/C18H27N5.HI/c1-14(2)15(3)22-18(19-4)20-11-10-16-12-21-23(13-16)17-8-6-5-7-9-17;/h5-9,12-15H,10-11H2,1-4H3,(H2,19,20,22);1H. The number of guanidine groups is 1. The first-order valence-corrected chi connectivity index (χ1v) is 8.16. The minimum atomic E-state index is 0. The van der Waals surface area contributed by atoms with Crippen LogP contribution >= 0.6 is 24.0 Å². The molecule has 0 saturated carbocycles. The van der Waals surface area contributed by atoms with Gasteiger partial charge >= 0.3 is 0 Å². The topological polar surface area (TPSA) is 54.2 Å². The maximum Gasteiger partial charge on any atom is 0.191 e. The van der Waals surface area contributed by atoms with E-state index in [0.717, 1.165) is 24.6 Å². The third kappa shape index (κ3) is 6.14. The van der Waals surface area contributed by atoms with Gasteiger partial charge < -0.3 is 10.6 Å². The molecule has 24 heavy (non-hydrogen) atoms. The molecule has 2 rings (SSSR count). The maximum absolute atomic E-state index is 4.42. The molecule has 0 saturated heterocycles. The lowest BCUT2D eigenvalue weighted by atomic mass is 10.1. The fourth-order valence-corrected chi connectivity index (χ4v) is 2.11. The fourth-order valence-electron chi connectivity index (χ4n) is 2.11. The largest absolute Gasteiger partial charge is 0.356 e. The van der Waals surface area contributed by atoms with Crippen molar-refractivity contribution in [2.75, 3.05) is 13.6 Å². The van der Waals surface area contributed by atoms with Crippen LogP contribution in [-0.4, -0.2) is 35.4 Å². The molecule has 2 aromatic rings. The minimum Gasteiger partial charge on any atom is -0.356 e. The van der Waals surface area contributed by atoms with Crippen LogP contribution in [0.2, 0.25) is 0 Å². The van der Waals surface area contributed by atoms with E-state index in [-0.39, 0.29) is 24.0 Å². The summed E-state index contributed by atoms with van der Waals surface area (Å²) in [6.45, 7) is 7.39. The number of aliphatic imine (C=N–C) groups is 1. The summed E-state index contributed by atoms with van der Waals surface area (Å²) in [5.41, 5.74) is 2.28. The highest BCUT2D eigenvalue weighted by Gasteiger charge is 2.08. The van der Waals surface area contributed by atoms with E-state index < -0.39 is 0 Å². The highest BCUT2D eigenvalue weighted by atomic mass is 127. The van der Waals surface area contributed by atoms with Crippen LogP contribution in [0, 0.1) is 5.92 Å². The Kier molecular flexibility index (Phi) is 8.81. The van der Waals surface area contributed by atoms with Gasteiger partial charge in [0.2, 0.25) is 0 Å². The van der Waals surface area contributed by atoms with Crippen molar-refractivity contribution in [1.82, 2.24) is 20.4 Å². The van der Waals surface area contributed by atoms with Gasteiger partial charge in [0.1, 0.15) is 0 Å². The number of nitrogens with zero attached hydrogens (tertiary/aromatic N) is 3. The second-order valence-electron chi connectivity index (χ2n) is 6.05. The number of hydrogen-bond donors (Lipinski definition) is 2. The Morgan fingerprint density at radius 1 is 1.21 bits per heavy atom. The molecule has 0 aliphatic carbocycles. The summed E-state index contributed by atoms with van der Waals surface area (Å²) >= 11 is 0. The van der Waals surface area contributed by atoms with E-state index >= 15 is 0 Å². The van der Waals surface area contributed by atoms with Crippen LogP contribution in [0.25, 0.3) is 5.69 Å².